The minimum atomic E-state index is 0.0158. The van der Waals surface area contributed by atoms with Gasteiger partial charge in [-0.15, -0.1) is 0 Å². The zero-order valence-electron chi connectivity index (χ0n) is 10.7. The van der Waals surface area contributed by atoms with Gasteiger partial charge in [-0.05, 0) is 55.7 Å². The number of rotatable bonds is 4. The normalized spacial score (nSPS) is 20.7. The fourth-order valence-electron chi connectivity index (χ4n) is 2.80. The van der Waals surface area contributed by atoms with E-state index in [9.17, 15) is 4.79 Å². The quantitative estimate of drug-likeness (QED) is 0.902. The van der Waals surface area contributed by atoms with Gasteiger partial charge in [-0.1, -0.05) is 0 Å². The molecular weight excluding hydrogens is 242 g/mol. The SMILES string of the molecule is O=C(NC(C1CC1)C1CC1)c1ccc2c(c1)OCO2. The van der Waals surface area contributed by atoms with Gasteiger partial charge >= 0.3 is 0 Å². The fraction of sp³-hybridized carbons (Fsp3) is 0.533. The van der Waals surface area contributed by atoms with Crippen LogP contribution in [0.3, 0.4) is 0 Å². The number of hydrogen-bond acceptors (Lipinski definition) is 3. The molecule has 0 saturated heterocycles. The Balaban J connectivity index is 1.50. The Morgan fingerprint density at radius 3 is 2.47 bits per heavy atom. The molecule has 3 aliphatic rings. The van der Waals surface area contributed by atoms with Gasteiger partial charge in [0.15, 0.2) is 11.5 Å². The summed E-state index contributed by atoms with van der Waals surface area (Å²) in [6, 6.07) is 5.77. The van der Waals surface area contributed by atoms with Gasteiger partial charge in [0.05, 0.1) is 0 Å². The largest absolute Gasteiger partial charge is 0.454 e. The lowest BCUT2D eigenvalue weighted by atomic mass is 10.1. The van der Waals surface area contributed by atoms with Gasteiger partial charge in [-0.3, -0.25) is 4.79 Å². The van der Waals surface area contributed by atoms with E-state index in [0.717, 1.165) is 5.75 Å². The Morgan fingerprint density at radius 1 is 1.11 bits per heavy atom. The molecule has 4 nitrogen and oxygen atoms in total. The van der Waals surface area contributed by atoms with Crippen LogP contribution in [0.2, 0.25) is 0 Å². The maximum absolute atomic E-state index is 12.3. The first-order chi connectivity index (χ1) is 9.31. The summed E-state index contributed by atoms with van der Waals surface area (Å²) < 4.78 is 10.6. The van der Waals surface area contributed by atoms with Gasteiger partial charge in [-0.25, -0.2) is 0 Å². The highest BCUT2D eigenvalue weighted by atomic mass is 16.7. The van der Waals surface area contributed by atoms with Crippen molar-refractivity contribution in [2.75, 3.05) is 6.79 Å². The number of nitrogens with one attached hydrogen (secondary N) is 1. The first-order valence-corrected chi connectivity index (χ1v) is 7.02. The number of hydrogen-bond donors (Lipinski definition) is 1. The lowest BCUT2D eigenvalue weighted by Gasteiger charge is -2.17. The third-order valence-corrected chi connectivity index (χ3v) is 4.19. The van der Waals surface area contributed by atoms with E-state index >= 15 is 0 Å². The van der Waals surface area contributed by atoms with Crippen LogP contribution in [-0.2, 0) is 0 Å². The summed E-state index contributed by atoms with van der Waals surface area (Å²) in [7, 11) is 0. The summed E-state index contributed by atoms with van der Waals surface area (Å²) in [5.41, 5.74) is 0.663. The van der Waals surface area contributed by atoms with Crippen LogP contribution in [0.1, 0.15) is 36.0 Å². The summed E-state index contributed by atoms with van der Waals surface area (Å²) in [6.07, 6.45) is 5.07. The highest BCUT2D eigenvalue weighted by molar-refractivity contribution is 5.95. The highest BCUT2D eigenvalue weighted by Crippen LogP contribution is 2.44. The fourth-order valence-corrected chi connectivity index (χ4v) is 2.80. The van der Waals surface area contributed by atoms with Crippen LogP contribution >= 0.6 is 0 Å². The summed E-state index contributed by atoms with van der Waals surface area (Å²) >= 11 is 0. The smallest absolute Gasteiger partial charge is 0.251 e. The van der Waals surface area contributed by atoms with E-state index in [1.54, 1.807) is 18.2 Å². The zero-order chi connectivity index (χ0) is 12.8. The van der Waals surface area contributed by atoms with Crippen LogP contribution in [0.5, 0.6) is 11.5 Å². The first kappa shape index (κ1) is 11.1. The lowest BCUT2D eigenvalue weighted by molar-refractivity contribution is 0.0926. The van der Waals surface area contributed by atoms with E-state index < -0.39 is 0 Å². The van der Waals surface area contributed by atoms with E-state index in [4.69, 9.17) is 9.47 Å². The van der Waals surface area contributed by atoms with E-state index in [1.807, 2.05) is 0 Å². The van der Waals surface area contributed by atoms with Gasteiger partial charge in [-0.2, -0.15) is 0 Å². The maximum Gasteiger partial charge on any atom is 0.251 e. The molecule has 100 valence electrons. The van der Waals surface area contributed by atoms with Crippen LogP contribution < -0.4 is 14.8 Å². The topological polar surface area (TPSA) is 47.6 Å². The van der Waals surface area contributed by atoms with E-state index in [-0.39, 0.29) is 12.7 Å². The second-order valence-electron chi connectivity index (χ2n) is 5.74. The second-order valence-corrected chi connectivity index (χ2v) is 5.74. The first-order valence-electron chi connectivity index (χ1n) is 7.02. The molecule has 19 heavy (non-hydrogen) atoms. The van der Waals surface area contributed by atoms with Crippen LogP contribution in [0.4, 0.5) is 0 Å². The molecule has 0 atom stereocenters. The summed E-state index contributed by atoms with van der Waals surface area (Å²) in [4.78, 5) is 12.3. The molecule has 0 aromatic heterocycles. The standard InChI is InChI=1S/C15H17NO3/c17-15(16-14(9-1-2-9)10-3-4-10)11-5-6-12-13(7-11)19-8-18-12/h5-7,9-10,14H,1-4,8H2,(H,16,17). The molecule has 0 radical (unpaired) electrons. The molecule has 1 aromatic rings. The lowest BCUT2D eigenvalue weighted by Crippen LogP contribution is -2.38. The van der Waals surface area contributed by atoms with Gasteiger partial charge in [0.2, 0.25) is 6.79 Å². The van der Waals surface area contributed by atoms with Crippen molar-refractivity contribution in [3.63, 3.8) is 0 Å². The van der Waals surface area contributed by atoms with Gasteiger partial charge in [0, 0.05) is 11.6 Å². The molecule has 1 heterocycles. The molecule has 2 fully saturated rings. The Hall–Kier alpha value is -1.71. The number of amides is 1. The molecule has 1 N–H and O–H groups in total. The molecule has 0 spiro atoms. The van der Waals surface area contributed by atoms with Gasteiger partial charge in [0.1, 0.15) is 0 Å². The number of fused-ring (bicyclic) bond motifs is 1. The van der Waals surface area contributed by atoms with Crippen molar-refractivity contribution in [1.82, 2.24) is 5.32 Å². The number of carbonyl (C=O) groups excluding carboxylic acids is 1. The minimum absolute atomic E-state index is 0.0158. The molecule has 2 aliphatic carbocycles. The Kier molecular flexibility index (Phi) is 2.43. The Bertz CT molecular complexity index is 508. The molecule has 2 saturated carbocycles. The van der Waals surface area contributed by atoms with Crippen LogP contribution in [0.15, 0.2) is 18.2 Å². The highest BCUT2D eigenvalue weighted by Gasteiger charge is 2.42. The average Bonchev–Trinajstić information content (AvgIpc) is 3.33. The molecule has 1 aliphatic heterocycles. The van der Waals surface area contributed by atoms with Crippen LogP contribution in [0.25, 0.3) is 0 Å². The third-order valence-electron chi connectivity index (χ3n) is 4.19. The summed E-state index contributed by atoms with van der Waals surface area (Å²) in [5.74, 6) is 2.83. The summed E-state index contributed by atoms with van der Waals surface area (Å²) in [6.45, 7) is 0.243. The molecule has 1 aromatic carbocycles. The number of benzene rings is 1. The van der Waals surface area contributed by atoms with Crippen LogP contribution in [-0.4, -0.2) is 18.7 Å². The van der Waals surface area contributed by atoms with Gasteiger partial charge < -0.3 is 14.8 Å². The van der Waals surface area contributed by atoms with Crippen molar-refractivity contribution < 1.29 is 14.3 Å². The monoisotopic (exact) mass is 259 g/mol. The molecule has 0 bridgehead atoms. The van der Waals surface area contributed by atoms with Crippen LogP contribution in [0, 0.1) is 11.8 Å². The number of carbonyl (C=O) groups is 1. The molecule has 4 heteroatoms. The maximum atomic E-state index is 12.3. The zero-order valence-corrected chi connectivity index (χ0v) is 10.7. The van der Waals surface area contributed by atoms with Crippen molar-refractivity contribution in [3.8, 4) is 11.5 Å². The predicted octanol–water partition coefficient (Wildman–Crippen LogP) is 2.33. The van der Waals surface area contributed by atoms with Crippen molar-refractivity contribution in [3.05, 3.63) is 23.8 Å². The Morgan fingerprint density at radius 2 is 1.79 bits per heavy atom. The van der Waals surface area contributed by atoms with E-state index in [0.29, 0.717) is 29.2 Å². The van der Waals surface area contributed by atoms with Crippen molar-refractivity contribution in [2.24, 2.45) is 11.8 Å². The molecule has 4 rings (SSSR count). The van der Waals surface area contributed by atoms with E-state index in [1.165, 1.54) is 25.7 Å². The third kappa shape index (κ3) is 2.15. The predicted molar refractivity (Wildman–Crippen MR) is 69.3 cm³/mol. The molecule has 1 amide bonds. The van der Waals surface area contributed by atoms with Gasteiger partial charge in [0.25, 0.3) is 5.91 Å². The average molecular weight is 259 g/mol. The molecular formula is C15H17NO3. The van der Waals surface area contributed by atoms with E-state index in [2.05, 4.69) is 5.32 Å². The second kappa shape index (κ2) is 4.15. The Labute approximate surface area is 112 Å². The van der Waals surface area contributed by atoms with Crippen molar-refractivity contribution in [1.29, 1.82) is 0 Å². The summed E-state index contributed by atoms with van der Waals surface area (Å²) in [5, 5.41) is 3.21. The number of ether oxygens (including phenoxy) is 2. The minimum Gasteiger partial charge on any atom is -0.454 e. The van der Waals surface area contributed by atoms with Crippen molar-refractivity contribution in [2.45, 2.75) is 31.7 Å². The molecule has 0 unspecified atom stereocenters. The van der Waals surface area contributed by atoms with Crippen molar-refractivity contribution >= 4 is 5.91 Å².